The highest BCUT2D eigenvalue weighted by Crippen LogP contribution is 2.44. The quantitative estimate of drug-likeness (QED) is 0.634. The number of aryl methyl sites for hydroxylation is 1. The number of piperidine rings is 1. The van der Waals surface area contributed by atoms with Gasteiger partial charge in [0.15, 0.2) is 0 Å². The maximum atomic E-state index is 12.9. The highest BCUT2D eigenvalue weighted by atomic mass is 35.5. The molecule has 2 aliphatic rings. The molecule has 0 radical (unpaired) electrons. The number of likely N-dealkylation sites (tertiary alicyclic amines) is 1. The molecule has 1 spiro atoms. The summed E-state index contributed by atoms with van der Waals surface area (Å²) in [4.78, 5) is 14.9. The maximum absolute atomic E-state index is 12.9. The Morgan fingerprint density at radius 1 is 1.07 bits per heavy atom. The van der Waals surface area contributed by atoms with E-state index in [1.807, 2.05) is 54.3 Å². The van der Waals surface area contributed by atoms with Gasteiger partial charge < -0.3 is 14.8 Å². The van der Waals surface area contributed by atoms with Crippen LogP contribution in [-0.2, 0) is 5.54 Å². The molecular weight excluding hydrogens is 370 g/mol. The molecule has 3 heterocycles. The number of nitrogens with one attached hydrogen (secondary N) is 1. The van der Waals surface area contributed by atoms with Crippen molar-refractivity contribution < 1.29 is 4.79 Å². The number of anilines is 1. The van der Waals surface area contributed by atoms with Gasteiger partial charge in [0.2, 0.25) is 0 Å². The highest BCUT2D eigenvalue weighted by Gasteiger charge is 2.42. The summed E-state index contributed by atoms with van der Waals surface area (Å²) in [6, 6.07) is 18.1. The van der Waals surface area contributed by atoms with Gasteiger partial charge in [-0.1, -0.05) is 29.3 Å². The van der Waals surface area contributed by atoms with Gasteiger partial charge in [0.25, 0.3) is 5.91 Å². The fourth-order valence-corrected chi connectivity index (χ4v) is 4.63. The van der Waals surface area contributed by atoms with Crippen LogP contribution in [-0.4, -0.2) is 28.5 Å². The third-order valence-electron chi connectivity index (χ3n) is 6.04. The van der Waals surface area contributed by atoms with Gasteiger partial charge in [-0.05, 0) is 62.2 Å². The molecule has 0 atom stereocenters. The zero-order valence-corrected chi connectivity index (χ0v) is 16.5. The number of amides is 1. The molecule has 1 aromatic heterocycles. The Hall–Kier alpha value is -2.72. The van der Waals surface area contributed by atoms with E-state index in [1.54, 1.807) is 0 Å². The Morgan fingerprint density at radius 2 is 1.82 bits per heavy atom. The molecule has 28 heavy (non-hydrogen) atoms. The van der Waals surface area contributed by atoms with Crippen LogP contribution in [0.15, 0.2) is 60.8 Å². The molecule has 1 amide bonds. The second kappa shape index (κ2) is 6.42. The Balaban J connectivity index is 1.41. The molecule has 0 aliphatic carbocycles. The van der Waals surface area contributed by atoms with Crippen molar-refractivity contribution in [2.45, 2.75) is 25.3 Å². The largest absolute Gasteiger partial charge is 0.372 e. The number of carbonyl (C=O) groups excluding carboxylic acids is 1. The first-order valence-electron chi connectivity index (χ1n) is 9.68. The molecule has 142 valence electrons. The SMILES string of the molecule is Cc1ccc(C(=O)N2CCC3(CC2)Nc2ccc(Cl)cc2-n2cccc23)cc1. The standard InChI is InChI=1S/C23H22ClN3O/c1-16-4-6-17(7-5-16)22(28)26-13-10-23(11-14-26)21-3-2-12-27(21)20-15-18(24)8-9-19(20)25-23/h2-9,12,15,25H,10-11,13-14H2,1H3. The second-order valence-electron chi connectivity index (χ2n) is 7.79. The predicted molar refractivity (Wildman–Crippen MR) is 112 cm³/mol. The van der Waals surface area contributed by atoms with E-state index >= 15 is 0 Å². The topological polar surface area (TPSA) is 37.3 Å². The Morgan fingerprint density at radius 3 is 2.57 bits per heavy atom. The van der Waals surface area contributed by atoms with Gasteiger partial charge in [0.1, 0.15) is 0 Å². The molecule has 5 heteroatoms. The highest BCUT2D eigenvalue weighted by molar-refractivity contribution is 6.30. The van der Waals surface area contributed by atoms with Crippen molar-refractivity contribution in [3.63, 3.8) is 0 Å². The van der Waals surface area contributed by atoms with E-state index in [2.05, 4.69) is 28.2 Å². The molecule has 1 N–H and O–H groups in total. The summed E-state index contributed by atoms with van der Waals surface area (Å²) in [5.74, 6) is 0.119. The second-order valence-corrected chi connectivity index (χ2v) is 8.23. The van der Waals surface area contributed by atoms with Gasteiger partial charge in [-0.25, -0.2) is 0 Å². The fourth-order valence-electron chi connectivity index (χ4n) is 4.46. The summed E-state index contributed by atoms with van der Waals surface area (Å²) >= 11 is 6.22. The smallest absolute Gasteiger partial charge is 0.253 e. The van der Waals surface area contributed by atoms with Gasteiger partial charge in [0, 0.05) is 35.6 Å². The molecule has 0 unspecified atom stereocenters. The van der Waals surface area contributed by atoms with E-state index in [0.29, 0.717) is 0 Å². The van der Waals surface area contributed by atoms with Crippen LogP contribution in [0, 0.1) is 6.92 Å². The molecule has 3 aromatic rings. The average molecular weight is 392 g/mol. The first-order valence-corrected chi connectivity index (χ1v) is 10.1. The van der Waals surface area contributed by atoms with Gasteiger partial charge in [-0.15, -0.1) is 0 Å². The van der Waals surface area contributed by atoms with E-state index in [1.165, 1.54) is 11.3 Å². The van der Waals surface area contributed by atoms with Gasteiger partial charge >= 0.3 is 0 Å². The van der Waals surface area contributed by atoms with Crippen LogP contribution >= 0.6 is 11.6 Å². The van der Waals surface area contributed by atoms with E-state index in [-0.39, 0.29) is 11.4 Å². The number of benzene rings is 2. The summed E-state index contributed by atoms with van der Waals surface area (Å²) in [7, 11) is 0. The minimum atomic E-state index is -0.158. The fraction of sp³-hybridized carbons (Fsp3) is 0.261. The number of fused-ring (bicyclic) bond motifs is 4. The van der Waals surface area contributed by atoms with Crippen molar-refractivity contribution >= 4 is 23.2 Å². The zero-order valence-electron chi connectivity index (χ0n) is 15.8. The molecule has 2 aliphatic heterocycles. The Labute approximate surface area is 169 Å². The van der Waals surface area contributed by atoms with Crippen molar-refractivity contribution in [2.75, 3.05) is 18.4 Å². The lowest BCUT2D eigenvalue weighted by atomic mass is 9.82. The summed E-state index contributed by atoms with van der Waals surface area (Å²) in [6.07, 6.45) is 3.84. The van der Waals surface area contributed by atoms with E-state index in [0.717, 1.165) is 47.9 Å². The van der Waals surface area contributed by atoms with Crippen LogP contribution < -0.4 is 5.32 Å². The van der Waals surface area contributed by atoms with Crippen LogP contribution in [0.5, 0.6) is 0 Å². The molecule has 5 rings (SSSR count). The lowest BCUT2D eigenvalue weighted by molar-refractivity contribution is 0.0676. The molecular formula is C23H22ClN3O. The predicted octanol–water partition coefficient (Wildman–Crippen LogP) is 5.00. The van der Waals surface area contributed by atoms with Crippen molar-refractivity contribution in [3.05, 3.63) is 82.6 Å². The van der Waals surface area contributed by atoms with Crippen molar-refractivity contribution in [1.82, 2.24) is 9.47 Å². The van der Waals surface area contributed by atoms with Crippen LogP contribution in [0.2, 0.25) is 5.02 Å². The normalized spacial score (nSPS) is 17.0. The average Bonchev–Trinajstić information content (AvgIpc) is 3.21. The number of hydrogen-bond acceptors (Lipinski definition) is 2. The summed E-state index contributed by atoms with van der Waals surface area (Å²) in [5, 5.41) is 4.50. The number of nitrogens with zero attached hydrogens (tertiary/aromatic N) is 2. The minimum Gasteiger partial charge on any atom is -0.372 e. The molecule has 1 fully saturated rings. The first-order chi connectivity index (χ1) is 13.6. The Kier molecular flexibility index (Phi) is 3.98. The molecule has 0 bridgehead atoms. The maximum Gasteiger partial charge on any atom is 0.253 e. The van der Waals surface area contributed by atoms with Crippen LogP contribution in [0.4, 0.5) is 5.69 Å². The van der Waals surface area contributed by atoms with Gasteiger partial charge in [0.05, 0.1) is 16.9 Å². The molecule has 2 aromatic carbocycles. The van der Waals surface area contributed by atoms with Crippen LogP contribution in [0.1, 0.15) is 34.5 Å². The Bertz CT molecular complexity index is 1050. The summed E-state index contributed by atoms with van der Waals surface area (Å²) in [6.45, 7) is 3.50. The van der Waals surface area contributed by atoms with E-state index < -0.39 is 0 Å². The lowest BCUT2D eigenvalue weighted by Crippen LogP contribution is -2.51. The number of rotatable bonds is 1. The molecule has 4 nitrogen and oxygen atoms in total. The monoisotopic (exact) mass is 391 g/mol. The third-order valence-corrected chi connectivity index (χ3v) is 6.27. The van der Waals surface area contributed by atoms with E-state index in [9.17, 15) is 4.79 Å². The van der Waals surface area contributed by atoms with E-state index in [4.69, 9.17) is 11.6 Å². The van der Waals surface area contributed by atoms with Gasteiger partial charge in [-0.2, -0.15) is 0 Å². The molecule has 1 saturated heterocycles. The molecule has 0 saturated carbocycles. The van der Waals surface area contributed by atoms with Crippen molar-refractivity contribution in [2.24, 2.45) is 0 Å². The first kappa shape index (κ1) is 17.4. The van der Waals surface area contributed by atoms with Crippen LogP contribution in [0.25, 0.3) is 5.69 Å². The summed E-state index contributed by atoms with van der Waals surface area (Å²) in [5.41, 5.74) is 5.18. The number of hydrogen-bond donors (Lipinski definition) is 1. The van der Waals surface area contributed by atoms with Crippen molar-refractivity contribution in [3.8, 4) is 5.69 Å². The zero-order chi connectivity index (χ0) is 19.3. The van der Waals surface area contributed by atoms with Crippen molar-refractivity contribution in [1.29, 1.82) is 0 Å². The number of halogens is 1. The third kappa shape index (κ3) is 2.71. The number of aromatic nitrogens is 1. The lowest BCUT2D eigenvalue weighted by Gasteiger charge is -2.46. The van der Waals surface area contributed by atoms with Crippen LogP contribution in [0.3, 0.4) is 0 Å². The minimum absolute atomic E-state index is 0.119. The summed E-state index contributed by atoms with van der Waals surface area (Å²) < 4.78 is 2.23. The number of carbonyl (C=O) groups is 1. The van der Waals surface area contributed by atoms with Gasteiger partial charge in [-0.3, -0.25) is 4.79 Å².